The van der Waals surface area contributed by atoms with E-state index in [9.17, 15) is 5.11 Å². The fraction of sp³-hybridized carbons (Fsp3) is 0.273. The van der Waals surface area contributed by atoms with Crippen molar-refractivity contribution in [1.82, 2.24) is 9.97 Å². The number of furan rings is 1. The van der Waals surface area contributed by atoms with E-state index < -0.39 is 6.10 Å². The maximum atomic E-state index is 9.96. The first-order valence-electron chi connectivity index (χ1n) is 4.96. The van der Waals surface area contributed by atoms with Crippen LogP contribution in [0, 0.1) is 0 Å². The first-order valence-corrected chi connectivity index (χ1v) is 5.34. The zero-order chi connectivity index (χ0) is 12.3. The Morgan fingerprint density at radius 2 is 2.35 bits per heavy atom. The van der Waals surface area contributed by atoms with Crippen LogP contribution in [0.15, 0.2) is 29.1 Å². The van der Waals surface area contributed by atoms with Crippen molar-refractivity contribution < 1.29 is 14.3 Å². The van der Waals surface area contributed by atoms with Crippen molar-refractivity contribution in [3.8, 4) is 5.88 Å². The van der Waals surface area contributed by atoms with Crippen LogP contribution in [-0.2, 0) is 6.42 Å². The van der Waals surface area contributed by atoms with Crippen molar-refractivity contribution in [2.24, 2.45) is 0 Å². The Morgan fingerprint density at radius 3 is 3.00 bits per heavy atom. The molecule has 5 nitrogen and oxygen atoms in total. The summed E-state index contributed by atoms with van der Waals surface area (Å²) in [5.74, 6) is 0.459. The van der Waals surface area contributed by atoms with Crippen LogP contribution in [0.25, 0.3) is 0 Å². The number of hydrogen-bond donors (Lipinski definition) is 1. The van der Waals surface area contributed by atoms with Crippen LogP contribution in [0.2, 0.25) is 5.22 Å². The van der Waals surface area contributed by atoms with Crippen LogP contribution in [0.1, 0.15) is 17.4 Å². The Morgan fingerprint density at radius 1 is 1.53 bits per heavy atom. The van der Waals surface area contributed by atoms with Gasteiger partial charge in [0.1, 0.15) is 6.33 Å². The molecule has 2 aromatic rings. The average Bonchev–Trinajstić information content (AvgIpc) is 2.76. The lowest BCUT2D eigenvalue weighted by Crippen LogP contribution is -2.03. The van der Waals surface area contributed by atoms with Crippen LogP contribution in [0.5, 0.6) is 5.88 Å². The minimum Gasteiger partial charge on any atom is -0.481 e. The molecule has 0 saturated heterocycles. The van der Waals surface area contributed by atoms with E-state index in [0.717, 1.165) is 0 Å². The summed E-state index contributed by atoms with van der Waals surface area (Å²) in [5, 5.41) is 10.2. The number of hydrogen-bond acceptors (Lipinski definition) is 5. The number of aliphatic hydroxyl groups is 1. The summed E-state index contributed by atoms with van der Waals surface area (Å²) in [6.07, 6.45) is 2.37. The van der Waals surface area contributed by atoms with E-state index in [1.807, 2.05) is 0 Å². The van der Waals surface area contributed by atoms with Crippen molar-refractivity contribution >= 4 is 11.6 Å². The van der Waals surface area contributed by atoms with Gasteiger partial charge in [-0.3, -0.25) is 0 Å². The van der Waals surface area contributed by atoms with Gasteiger partial charge in [0.05, 0.1) is 25.2 Å². The first-order chi connectivity index (χ1) is 8.20. The molecule has 0 saturated carbocycles. The van der Waals surface area contributed by atoms with E-state index in [1.165, 1.54) is 19.7 Å². The second-order valence-corrected chi connectivity index (χ2v) is 3.76. The lowest BCUT2D eigenvalue weighted by atomic mass is 10.1. The van der Waals surface area contributed by atoms with Gasteiger partial charge in [0.15, 0.2) is 5.22 Å². The highest BCUT2D eigenvalue weighted by atomic mass is 35.5. The van der Waals surface area contributed by atoms with Gasteiger partial charge in [-0.15, -0.1) is 0 Å². The molecule has 0 aliphatic rings. The second kappa shape index (κ2) is 5.16. The molecule has 1 atom stereocenters. The second-order valence-electron chi connectivity index (χ2n) is 3.42. The standard InChI is InChI=1S/C11H11ClN2O3/c1-16-10-5-7(13-6-14-10)4-9(15)8-2-3-17-11(8)12/h2-3,5-6,9,15H,4H2,1H3. The monoisotopic (exact) mass is 254 g/mol. The highest BCUT2D eigenvalue weighted by Crippen LogP contribution is 2.26. The van der Waals surface area contributed by atoms with Crippen LogP contribution >= 0.6 is 11.6 Å². The molecule has 0 aliphatic heterocycles. The van der Waals surface area contributed by atoms with Gasteiger partial charge in [-0.05, 0) is 17.7 Å². The van der Waals surface area contributed by atoms with Gasteiger partial charge in [-0.1, -0.05) is 0 Å². The zero-order valence-corrected chi connectivity index (χ0v) is 9.89. The van der Waals surface area contributed by atoms with E-state index in [1.54, 1.807) is 12.1 Å². The number of aromatic nitrogens is 2. The maximum absolute atomic E-state index is 9.96. The molecule has 0 bridgehead atoms. The molecule has 0 aromatic carbocycles. The molecule has 17 heavy (non-hydrogen) atoms. The van der Waals surface area contributed by atoms with Crippen molar-refractivity contribution in [2.75, 3.05) is 7.11 Å². The first kappa shape index (κ1) is 11.9. The number of halogens is 1. The van der Waals surface area contributed by atoms with Crippen LogP contribution in [-0.4, -0.2) is 22.2 Å². The van der Waals surface area contributed by atoms with Crippen LogP contribution in [0.3, 0.4) is 0 Å². The molecule has 0 fully saturated rings. The van der Waals surface area contributed by atoms with Gasteiger partial charge in [0, 0.05) is 18.1 Å². The van der Waals surface area contributed by atoms with Gasteiger partial charge < -0.3 is 14.3 Å². The summed E-state index contributed by atoms with van der Waals surface area (Å²) in [4.78, 5) is 7.93. The van der Waals surface area contributed by atoms with Gasteiger partial charge in [-0.25, -0.2) is 9.97 Å². The average molecular weight is 255 g/mol. The lowest BCUT2D eigenvalue weighted by molar-refractivity contribution is 0.176. The van der Waals surface area contributed by atoms with E-state index in [0.29, 0.717) is 23.6 Å². The number of ether oxygens (including phenoxy) is 1. The molecule has 0 aliphatic carbocycles. The summed E-state index contributed by atoms with van der Waals surface area (Å²) in [7, 11) is 1.52. The summed E-state index contributed by atoms with van der Waals surface area (Å²) in [6, 6.07) is 3.29. The minimum absolute atomic E-state index is 0.193. The summed E-state index contributed by atoms with van der Waals surface area (Å²) >= 11 is 5.78. The molecule has 2 rings (SSSR count). The molecule has 1 N–H and O–H groups in total. The van der Waals surface area contributed by atoms with Crippen molar-refractivity contribution in [3.05, 3.63) is 41.2 Å². The third kappa shape index (κ3) is 2.75. The Kier molecular flexibility index (Phi) is 3.61. The lowest BCUT2D eigenvalue weighted by Gasteiger charge is -2.08. The molecule has 2 aromatic heterocycles. The zero-order valence-electron chi connectivity index (χ0n) is 9.13. The SMILES string of the molecule is COc1cc(CC(O)c2ccoc2Cl)ncn1. The Hall–Kier alpha value is -1.59. The Balaban J connectivity index is 2.13. The molecule has 0 radical (unpaired) electrons. The van der Waals surface area contributed by atoms with Gasteiger partial charge in [0.25, 0.3) is 0 Å². The highest BCUT2D eigenvalue weighted by Gasteiger charge is 2.15. The number of nitrogens with zero attached hydrogens (tertiary/aromatic N) is 2. The van der Waals surface area contributed by atoms with Gasteiger partial charge in [-0.2, -0.15) is 0 Å². The van der Waals surface area contributed by atoms with Crippen molar-refractivity contribution in [1.29, 1.82) is 0 Å². The summed E-state index contributed by atoms with van der Waals surface area (Å²) in [6.45, 7) is 0. The van der Waals surface area contributed by atoms with E-state index in [4.69, 9.17) is 20.8 Å². The summed E-state index contributed by atoms with van der Waals surface area (Å²) < 4.78 is 9.89. The Labute approximate surface area is 103 Å². The third-order valence-corrected chi connectivity index (χ3v) is 2.62. The number of methoxy groups -OCH3 is 1. The molecule has 90 valence electrons. The molecule has 0 spiro atoms. The van der Waals surface area contributed by atoms with Crippen molar-refractivity contribution in [3.63, 3.8) is 0 Å². The highest BCUT2D eigenvalue weighted by molar-refractivity contribution is 6.29. The fourth-order valence-electron chi connectivity index (χ4n) is 1.45. The predicted molar refractivity (Wildman–Crippen MR) is 61.0 cm³/mol. The normalized spacial score (nSPS) is 12.4. The van der Waals surface area contributed by atoms with Crippen molar-refractivity contribution in [2.45, 2.75) is 12.5 Å². The van der Waals surface area contributed by atoms with Gasteiger partial charge in [0.2, 0.25) is 5.88 Å². The molecule has 6 heteroatoms. The Bertz CT molecular complexity index is 501. The van der Waals surface area contributed by atoms with E-state index in [-0.39, 0.29) is 5.22 Å². The van der Waals surface area contributed by atoms with E-state index >= 15 is 0 Å². The summed E-state index contributed by atoms with van der Waals surface area (Å²) in [5.41, 5.74) is 1.21. The predicted octanol–water partition coefficient (Wildman–Crippen LogP) is 2.01. The molecule has 2 heterocycles. The molecular formula is C11H11ClN2O3. The molecule has 0 amide bonds. The fourth-order valence-corrected chi connectivity index (χ4v) is 1.69. The largest absolute Gasteiger partial charge is 0.481 e. The van der Waals surface area contributed by atoms with Crippen LogP contribution < -0.4 is 4.74 Å². The third-order valence-electron chi connectivity index (χ3n) is 2.32. The topological polar surface area (TPSA) is 68.4 Å². The minimum atomic E-state index is -0.763. The number of rotatable bonds is 4. The number of aliphatic hydroxyl groups excluding tert-OH is 1. The molecular weight excluding hydrogens is 244 g/mol. The smallest absolute Gasteiger partial charge is 0.216 e. The van der Waals surface area contributed by atoms with Crippen LogP contribution in [0.4, 0.5) is 0 Å². The molecule has 1 unspecified atom stereocenters. The van der Waals surface area contributed by atoms with Gasteiger partial charge >= 0.3 is 0 Å². The quantitative estimate of drug-likeness (QED) is 0.904. The maximum Gasteiger partial charge on any atom is 0.216 e. The van der Waals surface area contributed by atoms with E-state index in [2.05, 4.69) is 9.97 Å².